The molecule has 0 bridgehead atoms. The van der Waals surface area contributed by atoms with Gasteiger partial charge in [-0.05, 0) is 53.4 Å². The zero-order valence-corrected chi connectivity index (χ0v) is 20.0. The maximum atomic E-state index is 11.6. The van der Waals surface area contributed by atoms with E-state index >= 15 is 0 Å². The molecule has 8 heteroatoms. The van der Waals surface area contributed by atoms with Gasteiger partial charge in [-0.25, -0.2) is 9.78 Å². The van der Waals surface area contributed by atoms with E-state index in [-0.39, 0.29) is 19.4 Å². The van der Waals surface area contributed by atoms with Crippen LogP contribution >= 0.6 is 0 Å². The Morgan fingerprint density at radius 2 is 1.64 bits per heavy atom. The quantitative estimate of drug-likeness (QED) is 0.159. The van der Waals surface area contributed by atoms with Crippen LogP contribution in [0.2, 0.25) is 0 Å². The van der Waals surface area contributed by atoms with E-state index in [2.05, 4.69) is 0 Å². The largest absolute Gasteiger partial charge is 0.489 e. The topological polar surface area (TPSA) is 101 Å². The molecule has 4 rings (SSSR count). The van der Waals surface area contributed by atoms with Crippen molar-refractivity contribution in [2.75, 3.05) is 6.61 Å². The van der Waals surface area contributed by atoms with Gasteiger partial charge in [0.25, 0.3) is 0 Å². The van der Waals surface area contributed by atoms with E-state index in [1.54, 1.807) is 0 Å². The Bertz CT molecular complexity index is 1220. The van der Waals surface area contributed by atoms with Crippen molar-refractivity contribution in [3.8, 4) is 22.6 Å². The Hall–Kier alpha value is -3.88. The van der Waals surface area contributed by atoms with Gasteiger partial charge >= 0.3 is 11.9 Å². The number of carbonyl (C=O) groups is 2. The molecule has 0 atom stereocenters. The Balaban J connectivity index is 1.34. The second-order valence-corrected chi connectivity index (χ2v) is 8.27. The third-order valence-corrected chi connectivity index (χ3v) is 5.56. The summed E-state index contributed by atoms with van der Waals surface area (Å²) in [6.07, 6.45) is -0.386. The standard InChI is InChI=1S/C28H28O8/c1-2-35-36-17-21-6-8-25-24-9-7-23(14-22(24)18-33-26(25)13-21)32-15-19-4-3-5-20(12-19)16-34-28(31)11-10-27(29)30/h3-9,12-14H,2,10-11,15-18H2,1H3,(H,29,30). The summed E-state index contributed by atoms with van der Waals surface area (Å²) in [5.74, 6) is -0.0177. The molecule has 0 aliphatic carbocycles. The van der Waals surface area contributed by atoms with Crippen molar-refractivity contribution in [1.82, 2.24) is 0 Å². The third-order valence-electron chi connectivity index (χ3n) is 5.56. The van der Waals surface area contributed by atoms with Crippen LogP contribution in [0.25, 0.3) is 11.1 Å². The van der Waals surface area contributed by atoms with E-state index in [0.29, 0.717) is 26.4 Å². The predicted molar refractivity (Wildman–Crippen MR) is 130 cm³/mol. The monoisotopic (exact) mass is 492 g/mol. The fourth-order valence-corrected chi connectivity index (χ4v) is 3.81. The molecule has 0 fully saturated rings. The highest BCUT2D eigenvalue weighted by molar-refractivity contribution is 5.77. The summed E-state index contributed by atoms with van der Waals surface area (Å²) >= 11 is 0. The van der Waals surface area contributed by atoms with Crippen molar-refractivity contribution >= 4 is 11.9 Å². The van der Waals surface area contributed by atoms with Crippen LogP contribution in [0.4, 0.5) is 0 Å². The molecule has 0 spiro atoms. The van der Waals surface area contributed by atoms with Crippen LogP contribution in [-0.2, 0) is 50.5 Å². The van der Waals surface area contributed by atoms with Gasteiger partial charge < -0.3 is 19.3 Å². The molecule has 8 nitrogen and oxygen atoms in total. The zero-order valence-electron chi connectivity index (χ0n) is 20.0. The number of carboxylic acid groups (broad SMARTS) is 1. The molecule has 1 heterocycles. The van der Waals surface area contributed by atoms with Crippen LogP contribution in [0.5, 0.6) is 11.5 Å². The molecule has 3 aromatic carbocycles. The number of carboxylic acids is 1. The maximum absolute atomic E-state index is 11.6. The normalized spacial score (nSPS) is 11.7. The summed E-state index contributed by atoms with van der Waals surface area (Å²) in [6, 6.07) is 19.5. The first-order valence-electron chi connectivity index (χ1n) is 11.7. The van der Waals surface area contributed by atoms with Crippen molar-refractivity contribution in [1.29, 1.82) is 0 Å². The summed E-state index contributed by atoms with van der Waals surface area (Å²) in [4.78, 5) is 32.3. The summed E-state index contributed by atoms with van der Waals surface area (Å²) in [5.41, 5.74) is 5.88. The van der Waals surface area contributed by atoms with Gasteiger partial charge in [0.1, 0.15) is 37.9 Å². The molecular weight excluding hydrogens is 464 g/mol. The number of fused-ring (bicyclic) bond motifs is 3. The molecule has 1 N–H and O–H groups in total. The first-order chi connectivity index (χ1) is 17.5. The molecule has 36 heavy (non-hydrogen) atoms. The average Bonchev–Trinajstić information content (AvgIpc) is 2.89. The average molecular weight is 493 g/mol. The molecule has 0 saturated heterocycles. The van der Waals surface area contributed by atoms with Gasteiger partial charge in [0.05, 0.1) is 19.4 Å². The van der Waals surface area contributed by atoms with Crippen LogP contribution in [0.3, 0.4) is 0 Å². The Morgan fingerprint density at radius 1 is 0.861 bits per heavy atom. The minimum atomic E-state index is -1.03. The number of ether oxygens (including phenoxy) is 3. The second-order valence-electron chi connectivity index (χ2n) is 8.27. The first kappa shape index (κ1) is 25.2. The molecule has 0 amide bonds. The van der Waals surface area contributed by atoms with Crippen LogP contribution in [-0.4, -0.2) is 23.7 Å². The van der Waals surface area contributed by atoms with Crippen molar-refractivity contribution in [3.05, 3.63) is 82.9 Å². The lowest BCUT2D eigenvalue weighted by Crippen LogP contribution is -2.08. The molecule has 188 valence electrons. The highest BCUT2D eigenvalue weighted by atomic mass is 17.2. The summed E-state index contributed by atoms with van der Waals surface area (Å²) in [5, 5.41) is 8.65. The lowest BCUT2D eigenvalue weighted by molar-refractivity contribution is -0.300. The molecular formula is C28H28O8. The third kappa shape index (κ3) is 6.84. The van der Waals surface area contributed by atoms with E-state index in [1.807, 2.05) is 67.6 Å². The minimum absolute atomic E-state index is 0.0847. The van der Waals surface area contributed by atoms with Crippen LogP contribution in [0.1, 0.15) is 42.0 Å². The SMILES string of the molecule is CCOOCc1ccc2c(c1)OCc1cc(OCc3cccc(COC(=O)CCC(=O)O)c3)ccc1-2. The van der Waals surface area contributed by atoms with E-state index in [9.17, 15) is 9.59 Å². The van der Waals surface area contributed by atoms with E-state index < -0.39 is 11.9 Å². The van der Waals surface area contributed by atoms with Gasteiger partial charge in [0, 0.05) is 11.1 Å². The van der Waals surface area contributed by atoms with E-state index in [4.69, 9.17) is 29.1 Å². The van der Waals surface area contributed by atoms with Gasteiger partial charge in [-0.1, -0.05) is 36.4 Å². The number of benzene rings is 3. The number of hydrogen-bond donors (Lipinski definition) is 1. The second kappa shape index (κ2) is 12.2. The minimum Gasteiger partial charge on any atom is -0.489 e. The number of aliphatic carboxylic acids is 1. The fraction of sp³-hybridized carbons (Fsp3) is 0.286. The first-order valence-corrected chi connectivity index (χ1v) is 11.7. The molecule has 0 saturated carbocycles. The zero-order chi connectivity index (χ0) is 25.3. The van der Waals surface area contributed by atoms with Gasteiger partial charge in [0.15, 0.2) is 0 Å². The number of carbonyl (C=O) groups excluding carboxylic acids is 1. The van der Waals surface area contributed by atoms with Crippen molar-refractivity contribution < 1.29 is 38.7 Å². The van der Waals surface area contributed by atoms with Gasteiger partial charge in [-0.3, -0.25) is 9.59 Å². The molecule has 1 aliphatic rings. The van der Waals surface area contributed by atoms with Crippen LogP contribution in [0, 0.1) is 0 Å². The van der Waals surface area contributed by atoms with Crippen molar-refractivity contribution in [2.24, 2.45) is 0 Å². The molecule has 3 aromatic rings. The van der Waals surface area contributed by atoms with Gasteiger partial charge in [-0.15, -0.1) is 0 Å². The Kier molecular flexibility index (Phi) is 8.54. The Morgan fingerprint density at radius 3 is 2.44 bits per heavy atom. The van der Waals surface area contributed by atoms with Crippen molar-refractivity contribution in [2.45, 2.75) is 46.2 Å². The Labute approximate surface area is 209 Å². The summed E-state index contributed by atoms with van der Waals surface area (Å²) in [6.45, 7) is 3.60. The molecule has 0 radical (unpaired) electrons. The highest BCUT2D eigenvalue weighted by Gasteiger charge is 2.18. The fourth-order valence-electron chi connectivity index (χ4n) is 3.81. The van der Waals surface area contributed by atoms with E-state index in [0.717, 1.165) is 44.9 Å². The van der Waals surface area contributed by atoms with Gasteiger partial charge in [-0.2, -0.15) is 0 Å². The lowest BCUT2D eigenvalue weighted by Gasteiger charge is -2.22. The maximum Gasteiger partial charge on any atom is 0.306 e. The highest BCUT2D eigenvalue weighted by Crippen LogP contribution is 2.39. The van der Waals surface area contributed by atoms with Gasteiger partial charge in [0.2, 0.25) is 0 Å². The number of rotatable bonds is 12. The van der Waals surface area contributed by atoms with Crippen LogP contribution < -0.4 is 9.47 Å². The molecule has 0 unspecified atom stereocenters. The smallest absolute Gasteiger partial charge is 0.306 e. The summed E-state index contributed by atoms with van der Waals surface area (Å²) < 4.78 is 17.1. The van der Waals surface area contributed by atoms with Crippen molar-refractivity contribution in [3.63, 3.8) is 0 Å². The number of hydrogen-bond acceptors (Lipinski definition) is 7. The molecule has 0 aromatic heterocycles. The number of esters is 1. The van der Waals surface area contributed by atoms with E-state index in [1.165, 1.54) is 0 Å². The molecule has 1 aliphatic heterocycles. The summed E-state index contributed by atoms with van der Waals surface area (Å²) in [7, 11) is 0. The van der Waals surface area contributed by atoms with Crippen LogP contribution in [0.15, 0.2) is 60.7 Å². The predicted octanol–water partition coefficient (Wildman–Crippen LogP) is 5.20. The lowest BCUT2D eigenvalue weighted by atomic mass is 9.96.